The third kappa shape index (κ3) is 5.44. The van der Waals surface area contributed by atoms with Crippen LogP contribution in [-0.2, 0) is 11.2 Å². The second kappa shape index (κ2) is 7.65. The minimum absolute atomic E-state index is 0.0895. The summed E-state index contributed by atoms with van der Waals surface area (Å²) < 4.78 is 0. The average molecular weight is 300 g/mol. The predicted molar refractivity (Wildman–Crippen MR) is 88.2 cm³/mol. The molecule has 0 radical (unpaired) electrons. The van der Waals surface area contributed by atoms with Crippen LogP contribution in [0.3, 0.4) is 0 Å². The summed E-state index contributed by atoms with van der Waals surface area (Å²) in [5.41, 5.74) is 2.16. The van der Waals surface area contributed by atoms with E-state index >= 15 is 0 Å². The molecular formula is C18H18ClNO. The molecule has 0 saturated carbocycles. The number of benzene rings is 2. The summed E-state index contributed by atoms with van der Waals surface area (Å²) in [6.45, 7) is 2.00. The summed E-state index contributed by atoms with van der Waals surface area (Å²) in [6, 6.07) is 17.6. The monoisotopic (exact) mass is 299 g/mol. The second-order valence-electron chi connectivity index (χ2n) is 4.98. The molecule has 2 rings (SSSR count). The molecule has 0 aliphatic heterocycles. The first-order chi connectivity index (χ1) is 10.1. The molecule has 21 heavy (non-hydrogen) atoms. The molecule has 0 heterocycles. The SMILES string of the molecule is CC(Cc1ccccc1)NC(=O)/C=C/c1ccc(Cl)cc1. The molecule has 0 bridgehead atoms. The van der Waals surface area contributed by atoms with Crippen molar-refractivity contribution < 1.29 is 4.79 Å². The van der Waals surface area contributed by atoms with E-state index in [1.807, 2.05) is 37.3 Å². The van der Waals surface area contributed by atoms with Crippen LogP contribution in [0.5, 0.6) is 0 Å². The molecule has 0 aromatic heterocycles. The molecule has 1 N–H and O–H groups in total. The van der Waals surface area contributed by atoms with Crippen molar-refractivity contribution in [2.45, 2.75) is 19.4 Å². The normalized spacial score (nSPS) is 12.3. The summed E-state index contributed by atoms with van der Waals surface area (Å²) >= 11 is 5.82. The van der Waals surface area contributed by atoms with Gasteiger partial charge in [-0.1, -0.05) is 54.1 Å². The first kappa shape index (κ1) is 15.3. The molecule has 2 aromatic rings. The molecule has 0 spiro atoms. The van der Waals surface area contributed by atoms with Crippen molar-refractivity contribution in [3.8, 4) is 0 Å². The van der Waals surface area contributed by atoms with Crippen molar-refractivity contribution in [2.75, 3.05) is 0 Å². The Kier molecular flexibility index (Phi) is 5.59. The van der Waals surface area contributed by atoms with Gasteiger partial charge in [0.05, 0.1) is 0 Å². The van der Waals surface area contributed by atoms with Crippen LogP contribution >= 0.6 is 11.6 Å². The van der Waals surface area contributed by atoms with Gasteiger partial charge in [0.25, 0.3) is 0 Å². The Balaban J connectivity index is 1.85. The highest BCUT2D eigenvalue weighted by Crippen LogP contribution is 2.10. The van der Waals surface area contributed by atoms with E-state index in [4.69, 9.17) is 11.6 Å². The lowest BCUT2D eigenvalue weighted by Gasteiger charge is -2.12. The Morgan fingerprint density at radius 2 is 1.81 bits per heavy atom. The van der Waals surface area contributed by atoms with Crippen LogP contribution in [-0.4, -0.2) is 11.9 Å². The second-order valence-corrected chi connectivity index (χ2v) is 5.42. The standard InChI is InChI=1S/C18H18ClNO/c1-14(13-16-5-3-2-4-6-16)20-18(21)12-9-15-7-10-17(19)11-8-15/h2-12,14H,13H2,1H3,(H,20,21)/b12-9+. The van der Waals surface area contributed by atoms with Gasteiger partial charge in [-0.05, 0) is 42.7 Å². The van der Waals surface area contributed by atoms with Gasteiger partial charge < -0.3 is 5.32 Å². The lowest BCUT2D eigenvalue weighted by Crippen LogP contribution is -2.32. The zero-order valence-corrected chi connectivity index (χ0v) is 12.7. The Hall–Kier alpha value is -2.06. The Morgan fingerprint density at radius 3 is 2.48 bits per heavy atom. The lowest BCUT2D eigenvalue weighted by atomic mass is 10.1. The molecule has 2 aromatic carbocycles. The number of halogens is 1. The quantitative estimate of drug-likeness (QED) is 0.827. The molecule has 2 nitrogen and oxygen atoms in total. The minimum Gasteiger partial charge on any atom is -0.350 e. The number of carbonyl (C=O) groups is 1. The molecule has 0 fully saturated rings. The lowest BCUT2D eigenvalue weighted by molar-refractivity contribution is -0.117. The van der Waals surface area contributed by atoms with E-state index in [1.165, 1.54) is 5.56 Å². The van der Waals surface area contributed by atoms with Gasteiger partial charge in [-0.2, -0.15) is 0 Å². The fourth-order valence-electron chi connectivity index (χ4n) is 2.06. The molecule has 108 valence electrons. The first-order valence-corrected chi connectivity index (χ1v) is 7.29. The maximum Gasteiger partial charge on any atom is 0.244 e. The molecular weight excluding hydrogens is 282 g/mol. The van der Waals surface area contributed by atoms with Gasteiger partial charge >= 0.3 is 0 Å². The van der Waals surface area contributed by atoms with Gasteiger partial charge in [0.1, 0.15) is 0 Å². The van der Waals surface area contributed by atoms with Gasteiger partial charge in [-0.15, -0.1) is 0 Å². The number of carbonyl (C=O) groups excluding carboxylic acids is 1. The van der Waals surface area contributed by atoms with E-state index in [-0.39, 0.29) is 11.9 Å². The smallest absolute Gasteiger partial charge is 0.244 e. The van der Waals surface area contributed by atoms with Gasteiger partial charge in [0, 0.05) is 17.1 Å². The molecule has 1 atom stereocenters. The zero-order chi connectivity index (χ0) is 15.1. The van der Waals surface area contributed by atoms with Crippen molar-refractivity contribution in [1.29, 1.82) is 0 Å². The van der Waals surface area contributed by atoms with E-state index in [2.05, 4.69) is 17.4 Å². The van der Waals surface area contributed by atoms with Crippen LogP contribution in [0, 0.1) is 0 Å². The zero-order valence-electron chi connectivity index (χ0n) is 11.9. The topological polar surface area (TPSA) is 29.1 Å². The molecule has 0 aliphatic carbocycles. The first-order valence-electron chi connectivity index (χ1n) is 6.91. The van der Waals surface area contributed by atoms with E-state index in [1.54, 1.807) is 24.3 Å². The predicted octanol–water partition coefficient (Wildman–Crippen LogP) is 4.10. The Morgan fingerprint density at radius 1 is 1.14 bits per heavy atom. The number of amides is 1. The summed E-state index contributed by atoms with van der Waals surface area (Å²) in [6.07, 6.45) is 4.15. The summed E-state index contributed by atoms with van der Waals surface area (Å²) in [7, 11) is 0. The van der Waals surface area contributed by atoms with E-state index in [9.17, 15) is 4.79 Å². The maximum atomic E-state index is 11.9. The van der Waals surface area contributed by atoms with Crippen LogP contribution in [0.15, 0.2) is 60.7 Å². The highest BCUT2D eigenvalue weighted by Gasteiger charge is 2.05. The van der Waals surface area contributed by atoms with Crippen molar-refractivity contribution in [2.24, 2.45) is 0 Å². The van der Waals surface area contributed by atoms with Gasteiger partial charge in [0.15, 0.2) is 0 Å². The van der Waals surface area contributed by atoms with Crippen molar-refractivity contribution in [3.63, 3.8) is 0 Å². The maximum absolute atomic E-state index is 11.9. The van der Waals surface area contributed by atoms with Gasteiger partial charge in [0.2, 0.25) is 5.91 Å². The molecule has 0 aliphatic rings. The fourth-order valence-corrected chi connectivity index (χ4v) is 2.18. The summed E-state index contributed by atoms with van der Waals surface area (Å²) in [5, 5.41) is 3.65. The average Bonchev–Trinajstić information content (AvgIpc) is 2.47. The van der Waals surface area contributed by atoms with Crippen LogP contribution in [0.1, 0.15) is 18.1 Å². The number of rotatable bonds is 5. The molecule has 3 heteroatoms. The van der Waals surface area contributed by atoms with E-state index in [0.717, 1.165) is 12.0 Å². The van der Waals surface area contributed by atoms with Crippen molar-refractivity contribution >= 4 is 23.6 Å². The molecule has 1 unspecified atom stereocenters. The van der Waals surface area contributed by atoms with Crippen molar-refractivity contribution in [3.05, 3.63) is 76.8 Å². The third-order valence-electron chi connectivity index (χ3n) is 3.07. The summed E-state index contributed by atoms with van der Waals surface area (Å²) in [5.74, 6) is -0.0895. The third-order valence-corrected chi connectivity index (χ3v) is 3.32. The number of hydrogen-bond donors (Lipinski definition) is 1. The fraction of sp³-hybridized carbons (Fsp3) is 0.167. The Bertz CT molecular complexity index is 605. The summed E-state index contributed by atoms with van der Waals surface area (Å²) in [4.78, 5) is 11.9. The van der Waals surface area contributed by atoms with E-state index < -0.39 is 0 Å². The van der Waals surface area contributed by atoms with Crippen molar-refractivity contribution in [1.82, 2.24) is 5.32 Å². The van der Waals surface area contributed by atoms with Gasteiger partial charge in [-0.25, -0.2) is 0 Å². The van der Waals surface area contributed by atoms with Crippen LogP contribution in [0.4, 0.5) is 0 Å². The van der Waals surface area contributed by atoms with Crippen LogP contribution in [0.2, 0.25) is 5.02 Å². The highest BCUT2D eigenvalue weighted by atomic mass is 35.5. The Labute approximate surface area is 130 Å². The highest BCUT2D eigenvalue weighted by molar-refractivity contribution is 6.30. The van der Waals surface area contributed by atoms with E-state index in [0.29, 0.717) is 5.02 Å². The number of hydrogen-bond acceptors (Lipinski definition) is 1. The number of nitrogens with one attached hydrogen (secondary N) is 1. The molecule has 1 amide bonds. The minimum atomic E-state index is -0.0895. The van der Waals surface area contributed by atoms with Gasteiger partial charge in [-0.3, -0.25) is 4.79 Å². The largest absolute Gasteiger partial charge is 0.350 e. The molecule has 0 saturated heterocycles. The van der Waals surface area contributed by atoms with Crippen LogP contribution < -0.4 is 5.32 Å². The van der Waals surface area contributed by atoms with Crippen LogP contribution in [0.25, 0.3) is 6.08 Å².